The first-order chi connectivity index (χ1) is 9.99. The second-order valence-corrected chi connectivity index (χ2v) is 4.12. The molecule has 0 aromatic heterocycles. The first-order valence-electron chi connectivity index (χ1n) is 5.85. The molecule has 1 amide bonds. The van der Waals surface area contributed by atoms with Crippen LogP contribution in [0.2, 0.25) is 0 Å². The predicted molar refractivity (Wildman–Crippen MR) is 74.6 cm³/mol. The van der Waals surface area contributed by atoms with Crippen LogP contribution in [0.4, 0.5) is 0 Å². The van der Waals surface area contributed by atoms with Gasteiger partial charge in [0.25, 0.3) is 5.91 Å². The number of nitrogens with zero attached hydrogens (tertiary/aromatic N) is 1. The third kappa shape index (κ3) is 3.21. The van der Waals surface area contributed by atoms with Crippen LogP contribution in [0.5, 0.6) is 23.0 Å². The number of hydrogen-bond acceptors (Lipinski definition) is 6. The monoisotopic (exact) mass is 288 g/mol. The van der Waals surface area contributed by atoms with E-state index in [1.165, 1.54) is 36.4 Å². The smallest absolute Gasteiger partial charge is 0.271 e. The van der Waals surface area contributed by atoms with Crippen LogP contribution < -0.4 is 5.43 Å². The molecular weight excluding hydrogens is 276 g/mol. The number of amides is 1. The van der Waals surface area contributed by atoms with Crippen molar-refractivity contribution in [1.82, 2.24) is 5.43 Å². The van der Waals surface area contributed by atoms with Gasteiger partial charge in [-0.05, 0) is 36.4 Å². The van der Waals surface area contributed by atoms with Crippen molar-refractivity contribution in [1.29, 1.82) is 0 Å². The molecule has 0 aliphatic rings. The van der Waals surface area contributed by atoms with Crippen LogP contribution in [-0.4, -0.2) is 32.5 Å². The number of phenols is 4. The number of rotatable bonds is 3. The summed E-state index contributed by atoms with van der Waals surface area (Å²) in [4.78, 5) is 11.7. The lowest BCUT2D eigenvalue weighted by molar-refractivity contribution is 0.0955. The first kappa shape index (κ1) is 14.2. The van der Waals surface area contributed by atoms with E-state index < -0.39 is 23.2 Å². The normalized spacial score (nSPS) is 10.7. The average molecular weight is 288 g/mol. The van der Waals surface area contributed by atoms with Gasteiger partial charge in [0.15, 0.2) is 11.5 Å². The van der Waals surface area contributed by atoms with E-state index in [-0.39, 0.29) is 11.3 Å². The molecule has 0 aliphatic carbocycles. The molecule has 0 saturated carbocycles. The molecule has 2 aromatic rings. The molecule has 108 valence electrons. The molecule has 0 saturated heterocycles. The molecule has 0 fully saturated rings. The molecule has 2 aromatic carbocycles. The fraction of sp³-hybridized carbons (Fsp3) is 0. The van der Waals surface area contributed by atoms with Gasteiger partial charge in [0.05, 0.1) is 6.21 Å². The average Bonchev–Trinajstić information content (AvgIpc) is 2.48. The molecule has 0 atom stereocenters. The van der Waals surface area contributed by atoms with E-state index in [0.717, 1.165) is 6.21 Å². The first-order valence-corrected chi connectivity index (χ1v) is 5.85. The Kier molecular flexibility index (Phi) is 3.94. The zero-order chi connectivity index (χ0) is 15.4. The number of carbonyl (C=O) groups excluding carboxylic acids is 1. The predicted octanol–water partition coefficient (Wildman–Crippen LogP) is 1.27. The lowest BCUT2D eigenvalue weighted by Crippen LogP contribution is -2.17. The van der Waals surface area contributed by atoms with Gasteiger partial charge in [-0.2, -0.15) is 5.10 Å². The van der Waals surface area contributed by atoms with Crippen molar-refractivity contribution in [3.05, 3.63) is 47.5 Å². The van der Waals surface area contributed by atoms with Gasteiger partial charge in [0.1, 0.15) is 5.75 Å². The molecule has 0 aliphatic heterocycles. The van der Waals surface area contributed by atoms with E-state index in [9.17, 15) is 15.0 Å². The standard InChI is InChI=1S/C14H12N2O5/c17-10-4-1-8(2-5-10)14(21)16-15-7-9-3-6-11(18)13(20)12(9)19/h1-7,17-20H,(H,16,21)/b15-7+. The maximum atomic E-state index is 11.7. The van der Waals surface area contributed by atoms with E-state index in [1.807, 2.05) is 0 Å². The molecule has 2 rings (SSSR count). The molecule has 0 heterocycles. The van der Waals surface area contributed by atoms with Crippen molar-refractivity contribution < 1.29 is 25.2 Å². The summed E-state index contributed by atoms with van der Waals surface area (Å²) in [5.41, 5.74) is 2.64. The second kappa shape index (κ2) is 5.83. The minimum atomic E-state index is -0.663. The molecule has 21 heavy (non-hydrogen) atoms. The highest BCUT2D eigenvalue weighted by molar-refractivity contribution is 5.95. The molecule has 7 heteroatoms. The van der Waals surface area contributed by atoms with Crippen LogP contribution in [0, 0.1) is 0 Å². The van der Waals surface area contributed by atoms with Crippen LogP contribution in [0.3, 0.4) is 0 Å². The third-order valence-electron chi connectivity index (χ3n) is 2.66. The Morgan fingerprint density at radius 3 is 2.29 bits per heavy atom. The van der Waals surface area contributed by atoms with Gasteiger partial charge < -0.3 is 20.4 Å². The van der Waals surface area contributed by atoms with Crippen molar-refractivity contribution in [2.75, 3.05) is 0 Å². The molecule has 0 radical (unpaired) electrons. The van der Waals surface area contributed by atoms with E-state index >= 15 is 0 Å². The number of hydrogen-bond donors (Lipinski definition) is 5. The molecule has 7 nitrogen and oxygen atoms in total. The summed E-state index contributed by atoms with van der Waals surface area (Å²) in [6.07, 6.45) is 1.12. The molecule has 5 N–H and O–H groups in total. The van der Waals surface area contributed by atoms with E-state index in [1.54, 1.807) is 0 Å². The minimum absolute atomic E-state index is 0.0412. The van der Waals surface area contributed by atoms with Crippen LogP contribution in [0.15, 0.2) is 41.5 Å². The molecule has 0 bridgehead atoms. The SMILES string of the molecule is O=C(N/N=C/c1ccc(O)c(O)c1O)c1ccc(O)cc1. The lowest BCUT2D eigenvalue weighted by atomic mass is 10.2. The van der Waals surface area contributed by atoms with Crippen molar-refractivity contribution in [2.24, 2.45) is 5.10 Å². The van der Waals surface area contributed by atoms with Crippen molar-refractivity contribution in [3.8, 4) is 23.0 Å². The van der Waals surface area contributed by atoms with Gasteiger partial charge >= 0.3 is 0 Å². The Morgan fingerprint density at radius 1 is 0.952 bits per heavy atom. The topological polar surface area (TPSA) is 122 Å². The van der Waals surface area contributed by atoms with Crippen molar-refractivity contribution in [2.45, 2.75) is 0 Å². The summed E-state index contributed by atoms with van der Waals surface area (Å²) in [7, 11) is 0. The van der Waals surface area contributed by atoms with Crippen LogP contribution in [-0.2, 0) is 0 Å². The second-order valence-electron chi connectivity index (χ2n) is 4.12. The van der Waals surface area contributed by atoms with Crippen molar-refractivity contribution >= 4 is 12.1 Å². The highest BCUT2D eigenvalue weighted by atomic mass is 16.3. The number of benzene rings is 2. The van der Waals surface area contributed by atoms with Crippen LogP contribution >= 0.6 is 0 Å². The number of nitrogens with one attached hydrogen (secondary N) is 1. The Bertz CT molecular complexity index is 695. The summed E-state index contributed by atoms with van der Waals surface area (Å²) in [5, 5.41) is 40.8. The zero-order valence-corrected chi connectivity index (χ0v) is 10.7. The van der Waals surface area contributed by atoms with Gasteiger partial charge in [-0.25, -0.2) is 5.43 Å². The Hall–Kier alpha value is -3.22. The van der Waals surface area contributed by atoms with Crippen molar-refractivity contribution in [3.63, 3.8) is 0 Å². The Balaban J connectivity index is 2.07. The van der Waals surface area contributed by atoms with Crippen LogP contribution in [0.1, 0.15) is 15.9 Å². The van der Waals surface area contributed by atoms with Gasteiger partial charge in [0, 0.05) is 11.1 Å². The Labute approximate surface area is 119 Å². The number of carbonyl (C=O) groups is 1. The number of phenolic OH excluding ortho intramolecular Hbond substituents is 4. The summed E-state index contributed by atoms with van der Waals surface area (Å²) < 4.78 is 0. The third-order valence-corrected chi connectivity index (χ3v) is 2.66. The van der Waals surface area contributed by atoms with E-state index in [0.29, 0.717) is 5.56 Å². The number of hydrazone groups is 1. The fourth-order valence-corrected chi connectivity index (χ4v) is 1.53. The van der Waals surface area contributed by atoms with Gasteiger partial charge in [-0.15, -0.1) is 0 Å². The minimum Gasteiger partial charge on any atom is -0.508 e. The summed E-state index contributed by atoms with van der Waals surface area (Å²) in [5.74, 6) is -2.13. The summed E-state index contributed by atoms with van der Waals surface area (Å²) >= 11 is 0. The van der Waals surface area contributed by atoms with Gasteiger partial charge in [0.2, 0.25) is 5.75 Å². The largest absolute Gasteiger partial charge is 0.508 e. The highest BCUT2D eigenvalue weighted by Gasteiger charge is 2.09. The fourth-order valence-electron chi connectivity index (χ4n) is 1.53. The summed E-state index contributed by atoms with van der Waals surface area (Å²) in [6, 6.07) is 8.07. The maximum absolute atomic E-state index is 11.7. The van der Waals surface area contributed by atoms with E-state index in [2.05, 4.69) is 10.5 Å². The van der Waals surface area contributed by atoms with E-state index in [4.69, 9.17) is 10.2 Å². The highest BCUT2D eigenvalue weighted by Crippen LogP contribution is 2.36. The quantitative estimate of drug-likeness (QED) is 0.331. The summed E-state index contributed by atoms with van der Waals surface area (Å²) in [6.45, 7) is 0. The van der Waals surface area contributed by atoms with Gasteiger partial charge in [-0.1, -0.05) is 0 Å². The van der Waals surface area contributed by atoms with Crippen LogP contribution in [0.25, 0.3) is 0 Å². The maximum Gasteiger partial charge on any atom is 0.271 e. The molecule has 0 unspecified atom stereocenters. The van der Waals surface area contributed by atoms with Gasteiger partial charge in [-0.3, -0.25) is 4.79 Å². The number of aromatic hydroxyl groups is 4. The zero-order valence-electron chi connectivity index (χ0n) is 10.7. The molecular formula is C14H12N2O5. The molecule has 0 spiro atoms. The Morgan fingerprint density at radius 2 is 1.62 bits per heavy atom. The lowest BCUT2D eigenvalue weighted by Gasteiger charge is -2.03.